The summed E-state index contributed by atoms with van der Waals surface area (Å²) in [4.78, 5) is 13.4. The van der Waals surface area contributed by atoms with Crippen LogP contribution in [0.25, 0.3) is 21.8 Å². The molecule has 0 radical (unpaired) electrons. The number of nitrogens with one attached hydrogen (secondary N) is 1. The minimum Gasteiger partial charge on any atom is -0.494 e. The fourth-order valence-electron chi connectivity index (χ4n) is 5.10. The van der Waals surface area contributed by atoms with Crippen LogP contribution < -0.4 is 23.8 Å². The van der Waals surface area contributed by atoms with Crippen molar-refractivity contribution < 1.29 is 27.4 Å². The third kappa shape index (κ3) is 5.45. The van der Waals surface area contributed by atoms with Gasteiger partial charge in [0, 0.05) is 40.1 Å². The Morgan fingerprint density at radius 3 is 2.24 bits per heavy atom. The van der Waals surface area contributed by atoms with E-state index in [9.17, 15) is 13.2 Å². The summed E-state index contributed by atoms with van der Waals surface area (Å²) in [5.74, 6) is 0.746. The van der Waals surface area contributed by atoms with E-state index in [0.717, 1.165) is 32.7 Å². The number of carbonyl (C=O) groups is 1. The second kappa shape index (κ2) is 12.0. The molecule has 0 aliphatic carbocycles. The number of fused-ring (bicyclic) bond motifs is 3. The van der Waals surface area contributed by atoms with E-state index >= 15 is 0 Å². The molecule has 1 N–H and O–H groups in total. The van der Waals surface area contributed by atoms with Gasteiger partial charge in [-0.05, 0) is 74.5 Å². The maximum atomic E-state index is 14.0. The third-order valence-corrected chi connectivity index (χ3v) is 8.81. The van der Waals surface area contributed by atoms with Crippen molar-refractivity contribution in [2.24, 2.45) is 0 Å². The summed E-state index contributed by atoms with van der Waals surface area (Å²) in [6.07, 6.45) is 0. The Balaban J connectivity index is 1.49. The molecule has 0 bridgehead atoms. The van der Waals surface area contributed by atoms with E-state index in [1.165, 1.54) is 32.4 Å². The number of hydrogen-bond acceptors (Lipinski definition) is 6. The zero-order chi connectivity index (χ0) is 29.9. The predicted octanol–water partition coefficient (Wildman–Crippen LogP) is 6.06. The van der Waals surface area contributed by atoms with Gasteiger partial charge in [0.25, 0.3) is 10.0 Å². The van der Waals surface area contributed by atoms with Crippen LogP contribution in [-0.2, 0) is 21.4 Å². The molecule has 0 fully saturated rings. The van der Waals surface area contributed by atoms with Crippen molar-refractivity contribution in [1.29, 1.82) is 0 Å². The number of hydrogen-bond donors (Lipinski definition) is 1. The molecule has 0 saturated heterocycles. The Bertz CT molecular complexity index is 1850. The van der Waals surface area contributed by atoms with Crippen LogP contribution in [0.15, 0.2) is 89.8 Å². The quantitative estimate of drug-likeness (QED) is 0.202. The summed E-state index contributed by atoms with van der Waals surface area (Å²) in [6.45, 7) is 4.77. The highest BCUT2D eigenvalue weighted by Gasteiger charge is 2.28. The van der Waals surface area contributed by atoms with Crippen molar-refractivity contribution in [3.63, 3.8) is 0 Å². The van der Waals surface area contributed by atoms with E-state index in [1.54, 1.807) is 24.3 Å². The Labute approximate surface area is 245 Å². The molecular formula is C32H33N3O6S. The number of para-hydroxylation sites is 1. The van der Waals surface area contributed by atoms with Crippen molar-refractivity contribution in [2.45, 2.75) is 25.3 Å². The van der Waals surface area contributed by atoms with Crippen molar-refractivity contribution in [1.82, 2.24) is 4.57 Å². The average Bonchev–Trinajstić information content (AvgIpc) is 3.33. The Kier molecular flexibility index (Phi) is 8.26. The van der Waals surface area contributed by atoms with Crippen LogP contribution in [0, 0.1) is 0 Å². The summed E-state index contributed by atoms with van der Waals surface area (Å²) in [5.41, 5.74) is 3.05. The first-order valence-electron chi connectivity index (χ1n) is 13.6. The zero-order valence-electron chi connectivity index (χ0n) is 24.0. The van der Waals surface area contributed by atoms with Crippen LogP contribution in [0.2, 0.25) is 0 Å². The van der Waals surface area contributed by atoms with Crippen molar-refractivity contribution >= 4 is 49.1 Å². The molecule has 0 aliphatic rings. The van der Waals surface area contributed by atoms with Gasteiger partial charge in [-0.15, -0.1) is 0 Å². The summed E-state index contributed by atoms with van der Waals surface area (Å²) >= 11 is 0. The monoisotopic (exact) mass is 587 g/mol. The summed E-state index contributed by atoms with van der Waals surface area (Å²) in [6, 6.07) is 24.7. The van der Waals surface area contributed by atoms with Gasteiger partial charge in [-0.3, -0.25) is 9.10 Å². The van der Waals surface area contributed by atoms with Crippen LogP contribution >= 0.6 is 0 Å². The maximum Gasteiger partial charge on any atom is 0.264 e. The summed E-state index contributed by atoms with van der Waals surface area (Å²) < 4.78 is 47.4. The number of anilines is 2. The van der Waals surface area contributed by atoms with Crippen molar-refractivity contribution in [3.05, 3.63) is 84.9 Å². The molecular weight excluding hydrogens is 554 g/mol. The van der Waals surface area contributed by atoms with E-state index in [2.05, 4.69) is 28.9 Å². The lowest BCUT2D eigenvalue weighted by atomic mass is 10.1. The lowest BCUT2D eigenvalue weighted by Crippen LogP contribution is -2.38. The highest BCUT2D eigenvalue weighted by atomic mass is 32.2. The van der Waals surface area contributed by atoms with Gasteiger partial charge >= 0.3 is 0 Å². The second-order valence-corrected chi connectivity index (χ2v) is 11.4. The number of aromatic nitrogens is 1. The number of benzene rings is 4. The van der Waals surface area contributed by atoms with Crippen molar-refractivity contribution in [2.75, 3.05) is 37.0 Å². The molecule has 0 atom stereocenters. The molecule has 0 unspecified atom stereocenters. The van der Waals surface area contributed by atoms with E-state index in [1.807, 2.05) is 37.3 Å². The second-order valence-electron chi connectivity index (χ2n) is 9.50. The molecule has 42 heavy (non-hydrogen) atoms. The van der Waals surface area contributed by atoms with Crippen LogP contribution in [0.5, 0.6) is 17.2 Å². The molecule has 1 amide bonds. The SMILES string of the molecule is CCOc1ccc(N(CC(=O)Nc2ccc3c(c2)c2ccccc2n3CC)S(=O)(=O)c2ccc(OC)c(OC)c2)cc1. The van der Waals surface area contributed by atoms with Crippen LogP contribution in [-0.4, -0.2) is 46.3 Å². The zero-order valence-corrected chi connectivity index (χ0v) is 24.8. The predicted molar refractivity (Wildman–Crippen MR) is 165 cm³/mol. The first kappa shape index (κ1) is 28.8. The fourth-order valence-corrected chi connectivity index (χ4v) is 6.53. The van der Waals surface area contributed by atoms with E-state index < -0.39 is 22.5 Å². The Morgan fingerprint density at radius 1 is 0.833 bits per heavy atom. The molecule has 5 rings (SSSR count). The fraction of sp³-hybridized carbons (Fsp3) is 0.219. The third-order valence-electron chi connectivity index (χ3n) is 7.04. The molecule has 10 heteroatoms. The van der Waals surface area contributed by atoms with Gasteiger partial charge in [0.2, 0.25) is 5.91 Å². The number of sulfonamides is 1. The van der Waals surface area contributed by atoms with E-state index in [-0.39, 0.29) is 10.6 Å². The standard InChI is InChI=1S/C32H33N3O6S/c1-5-34-28-10-8-7-9-26(28)27-19-22(11-17-29(27)34)33-32(36)21-35(23-12-14-24(15-13-23)41-6-2)42(37,38)25-16-18-30(39-3)31(20-25)40-4/h7-20H,5-6,21H2,1-4H3,(H,33,36). The number of methoxy groups -OCH3 is 2. The van der Waals surface area contributed by atoms with Crippen molar-refractivity contribution in [3.8, 4) is 17.2 Å². The summed E-state index contributed by atoms with van der Waals surface area (Å²) in [5, 5.41) is 4.99. The molecule has 0 aliphatic heterocycles. The molecule has 1 aromatic heterocycles. The smallest absolute Gasteiger partial charge is 0.264 e. The van der Waals surface area contributed by atoms with Gasteiger partial charge < -0.3 is 24.1 Å². The van der Waals surface area contributed by atoms with Gasteiger partial charge in [-0.1, -0.05) is 18.2 Å². The first-order valence-corrected chi connectivity index (χ1v) is 15.0. The molecule has 5 aromatic rings. The van der Waals surface area contributed by atoms with E-state index in [4.69, 9.17) is 14.2 Å². The van der Waals surface area contributed by atoms with Gasteiger partial charge in [0.1, 0.15) is 12.3 Å². The molecule has 1 heterocycles. The summed E-state index contributed by atoms with van der Waals surface area (Å²) in [7, 11) is -1.29. The minimum atomic E-state index is -4.19. The largest absolute Gasteiger partial charge is 0.494 e. The molecule has 9 nitrogen and oxygen atoms in total. The van der Waals surface area contributed by atoms with Gasteiger partial charge in [0.05, 0.1) is 31.4 Å². The average molecular weight is 588 g/mol. The normalized spacial score (nSPS) is 11.4. The van der Waals surface area contributed by atoms with E-state index in [0.29, 0.717) is 29.5 Å². The number of aryl methyl sites for hydroxylation is 1. The van der Waals surface area contributed by atoms with Gasteiger partial charge in [-0.25, -0.2) is 8.42 Å². The lowest BCUT2D eigenvalue weighted by molar-refractivity contribution is -0.114. The number of carbonyl (C=O) groups excluding carboxylic acids is 1. The number of rotatable bonds is 11. The number of ether oxygens (including phenoxy) is 3. The molecule has 218 valence electrons. The van der Waals surface area contributed by atoms with Crippen LogP contribution in [0.3, 0.4) is 0 Å². The Morgan fingerprint density at radius 2 is 1.55 bits per heavy atom. The number of amides is 1. The van der Waals surface area contributed by atoms with Crippen LogP contribution in [0.4, 0.5) is 11.4 Å². The molecule has 0 spiro atoms. The topological polar surface area (TPSA) is 99.1 Å². The van der Waals surface area contributed by atoms with Gasteiger partial charge in [-0.2, -0.15) is 0 Å². The highest BCUT2D eigenvalue weighted by molar-refractivity contribution is 7.92. The molecule has 4 aromatic carbocycles. The maximum absolute atomic E-state index is 14.0. The Hall–Kier alpha value is -4.70. The first-order chi connectivity index (χ1) is 20.3. The van der Waals surface area contributed by atoms with Crippen LogP contribution in [0.1, 0.15) is 13.8 Å². The van der Waals surface area contributed by atoms with Gasteiger partial charge in [0.15, 0.2) is 11.5 Å². The minimum absolute atomic E-state index is 0.0457. The lowest BCUT2D eigenvalue weighted by Gasteiger charge is -2.25. The highest BCUT2D eigenvalue weighted by Crippen LogP contribution is 2.34. The molecule has 0 saturated carbocycles. The number of nitrogens with zero attached hydrogens (tertiary/aromatic N) is 2.